The Labute approximate surface area is 84.2 Å². The molecule has 0 saturated heterocycles. The summed E-state index contributed by atoms with van der Waals surface area (Å²) in [6.07, 6.45) is 11.9. The van der Waals surface area contributed by atoms with Crippen molar-refractivity contribution in [2.45, 2.75) is 25.3 Å². The second-order valence-corrected chi connectivity index (χ2v) is 3.45. The van der Waals surface area contributed by atoms with Gasteiger partial charge < -0.3 is 5.11 Å². The van der Waals surface area contributed by atoms with Gasteiger partial charge in [0.1, 0.15) is 6.04 Å². The van der Waals surface area contributed by atoms with Crippen molar-refractivity contribution in [1.29, 1.82) is 0 Å². The molecule has 0 heterocycles. The Morgan fingerprint density at radius 3 is 3.00 bits per heavy atom. The fourth-order valence-electron chi connectivity index (χ4n) is 1.74. The molecule has 2 atom stereocenters. The third kappa shape index (κ3) is 2.90. The van der Waals surface area contributed by atoms with E-state index in [0.29, 0.717) is 6.54 Å². The zero-order valence-corrected chi connectivity index (χ0v) is 8.07. The van der Waals surface area contributed by atoms with Gasteiger partial charge in [0.25, 0.3) is 0 Å². The molecule has 0 radical (unpaired) electrons. The summed E-state index contributed by atoms with van der Waals surface area (Å²) in [5.74, 6) is 1.77. The molecule has 3 heteroatoms. The molecule has 3 nitrogen and oxygen atoms in total. The minimum Gasteiger partial charge on any atom is -0.480 e. The van der Waals surface area contributed by atoms with Crippen molar-refractivity contribution in [3.05, 3.63) is 12.2 Å². The maximum absolute atomic E-state index is 10.9. The summed E-state index contributed by atoms with van der Waals surface area (Å²) < 4.78 is 0. The fraction of sp³-hybridized carbons (Fsp3) is 0.545. The van der Waals surface area contributed by atoms with Gasteiger partial charge in [-0.2, -0.15) is 0 Å². The van der Waals surface area contributed by atoms with Crippen LogP contribution in [0.3, 0.4) is 0 Å². The molecule has 0 aliphatic heterocycles. The lowest BCUT2D eigenvalue weighted by Crippen LogP contribution is -2.43. The van der Waals surface area contributed by atoms with Crippen LogP contribution in [0.2, 0.25) is 0 Å². The zero-order chi connectivity index (χ0) is 10.4. The Hall–Kier alpha value is -1.27. The Bertz CT molecular complexity index is 265. The third-order valence-electron chi connectivity index (χ3n) is 2.47. The summed E-state index contributed by atoms with van der Waals surface area (Å²) in [4.78, 5) is 10.9. The van der Waals surface area contributed by atoms with Gasteiger partial charge in [0, 0.05) is 0 Å². The lowest BCUT2D eigenvalue weighted by Gasteiger charge is -2.24. The van der Waals surface area contributed by atoms with E-state index in [4.69, 9.17) is 11.5 Å². The summed E-state index contributed by atoms with van der Waals surface area (Å²) >= 11 is 0. The minimum atomic E-state index is -0.805. The Balaban J connectivity index is 2.53. The number of terminal acetylenes is 1. The summed E-state index contributed by atoms with van der Waals surface area (Å²) in [5.41, 5.74) is 0. The van der Waals surface area contributed by atoms with E-state index in [-0.39, 0.29) is 5.92 Å². The highest BCUT2D eigenvalue weighted by Crippen LogP contribution is 2.21. The van der Waals surface area contributed by atoms with E-state index in [1.807, 2.05) is 6.08 Å². The molecule has 14 heavy (non-hydrogen) atoms. The average Bonchev–Trinajstić information content (AvgIpc) is 2.19. The number of rotatable bonds is 4. The largest absolute Gasteiger partial charge is 0.480 e. The molecule has 0 saturated carbocycles. The van der Waals surface area contributed by atoms with E-state index in [1.165, 1.54) is 0 Å². The molecule has 0 aromatic rings. The monoisotopic (exact) mass is 193 g/mol. The molecule has 0 bridgehead atoms. The van der Waals surface area contributed by atoms with Crippen molar-refractivity contribution in [1.82, 2.24) is 5.32 Å². The van der Waals surface area contributed by atoms with Gasteiger partial charge in [-0.3, -0.25) is 10.1 Å². The highest BCUT2D eigenvalue weighted by molar-refractivity contribution is 5.74. The van der Waals surface area contributed by atoms with Crippen LogP contribution in [-0.2, 0) is 4.79 Å². The Kier molecular flexibility index (Phi) is 4.21. The van der Waals surface area contributed by atoms with Gasteiger partial charge in [-0.15, -0.1) is 6.42 Å². The van der Waals surface area contributed by atoms with Crippen LogP contribution in [0.15, 0.2) is 12.2 Å². The lowest BCUT2D eigenvalue weighted by atomic mass is 9.87. The molecular weight excluding hydrogens is 178 g/mol. The Morgan fingerprint density at radius 2 is 2.50 bits per heavy atom. The van der Waals surface area contributed by atoms with Crippen molar-refractivity contribution >= 4 is 5.97 Å². The first-order valence-corrected chi connectivity index (χ1v) is 4.80. The number of nitrogens with one attached hydrogen (secondary N) is 1. The van der Waals surface area contributed by atoms with Gasteiger partial charge in [0.05, 0.1) is 6.54 Å². The van der Waals surface area contributed by atoms with E-state index in [0.717, 1.165) is 19.3 Å². The van der Waals surface area contributed by atoms with Crippen molar-refractivity contribution in [2.24, 2.45) is 5.92 Å². The minimum absolute atomic E-state index is 0.172. The molecule has 1 aliphatic rings. The summed E-state index contributed by atoms with van der Waals surface area (Å²) in [5, 5.41) is 11.9. The molecule has 76 valence electrons. The van der Waals surface area contributed by atoms with Crippen molar-refractivity contribution in [3.8, 4) is 12.3 Å². The number of allylic oxidation sites excluding steroid dienone is 2. The van der Waals surface area contributed by atoms with Gasteiger partial charge in [-0.1, -0.05) is 18.1 Å². The quantitative estimate of drug-likeness (QED) is 0.517. The maximum Gasteiger partial charge on any atom is 0.321 e. The van der Waals surface area contributed by atoms with Crippen LogP contribution in [0.5, 0.6) is 0 Å². The summed E-state index contributed by atoms with van der Waals surface area (Å²) in [6, 6.07) is -0.504. The molecule has 2 unspecified atom stereocenters. The predicted octanol–water partition coefficient (Wildman–Crippen LogP) is 1.02. The molecule has 2 N–H and O–H groups in total. The molecule has 0 spiro atoms. The van der Waals surface area contributed by atoms with Crippen molar-refractivity contribution in [3.63, 3.8) is 0 Å². The third-order valence-corrected chi connectivity index (χ3v) is 2.47. The smallest absolute Gasteiger partial charge is 0.321 e. The first-order chi connectivity index (χ1) is 6.75. The van der Waals surface area contributed by atoms with E-state index in [1.54, 1.807) is 0 Å². The van der Waals surface area contributed by atoms with Crippen LogP contribution in [0.25, 0.3) is 0 Å². The number of aliphatic carboxylic acids is 1. The summed E-state index contributed by atoms with van der Waals surface area (Å²) in [7, 11) is 0. The molecule has 1 aliphatic carbocycles. The van der Waals surface area contributed by atoms with Crippen molar-refractivity contribution in [2.75, 3.05) is 6.54 Å². The molecular formula is C11H15NO2. The van der Waals surface area contributed by atoms with Gasteiger partial charge in [-0.05, 0) is 25.2 Å². The molecule has 0 amide bonds. The van der Waals surface area contributed by atoms with Crippen LogP contribution in [0.4, 0.5) is 0 Å². The number of hydrogen-bond donors (Lipinski definition) is 2. The van der Waals surface area contributed by atoms with Crippen LogP contribution in [0.1, 0.15) is 19.3 Å². The number of hydrogen-bond acceptors (Lipinski definition) is 2. The normalized spacial score (nSPS) is 22.6. The number of carboxylic acids is 1. The van der Waals surface area contributed by atoms with E-state index >= 15 is 0 Å². The predicted molar refractivity (Wildman–Crippen MR) is 54.7 cm³/mol. The Morgan fingerprint density at radius 1 is 1.71 bits per heavy atom. The second-order valence-electron chi connectivity index (χ2n) is 3.45. The van der Waals surface area contributed by atoms with Gasteiger partial charge in [-0.25, -0.2) is 0 Å². The van der Waals surface area contributed by atoms with Crippen LogP contribution >= 0.6 is 0 Å². The van der Waals surface area contributed by atoms with Crippen LogP contribution in [-0.4, -0.2) is 23.7 Å². The van der Waals surface area contributed by atoms with E-state index in [9.17, 15) is 4.79 Å². The zero-order valence-electron chi connectivity index (χ0n) is 8.07. The molecule has 1 rings (SSSR count). The van der Waals surface area contributed by atoms with E-state index < -0.39 is 12.0 Å². The molecule has 0 fully saturated rings. The van der Waals surface area contributed by atoms with Crippen LogP contribution in [0, 0.1) is 18.3 Å². The van der Waals surface area contributed by atoms with E-state index in [2.05, 4.69) is 17.3 Å². The second kappa shape index (κ2) is 5.46. The highest BCUT2D eigenvalue weighted by Gasteiger charge is 2.26. The van der Waals surface area contributed by atoms with Gasteiger partial charge in [0.2, 0.25) is 0 Å². The number of carboxylic acid groups (broad SMARTS) is 1. The van der Waals surface area contributed by atoms with Gasteiger partial charge >= 0.3 is 5.97 Å². The first-order valence-electron chi connectivity index (χ1n) is 4.80. The molecule has 0 aromatic heterocycles. The molecule has 0 aromatic carbocycles. The standard InChI is InChI=1S/C11H15NO2/c1-2-8-12-10(11(13)14)9-6-4-3-5-7-9/h1,3-4,9-10,12H,5-8H2,(H,13,14). The van der Waals surface area contributed by atoms with Crippen LogP contribution < -0.4 is 5.32 Å². The number of carbonyl (C=O) groups is 1. The lowest BCUT2D eigenvalue weighted by molar-refractivity contribution is -0.141. The fourth-order valence-corrected chi connectivity index (χ4v) is 1.74. The first kappa shape index (κ1) is 10.8. The summed E-state index contributed by atoms with van der Waals surface area (Å²) in [6.45, 7) is 0.317. The maximum atomic E-state index is 10.9. The van der Waals surface area contributed by atoms with Gasteiger partial charge in [0.15, 0.2) is 0 Å². The van der Waals surface area contributed by atoms with Crippen molar-refractivity contribution < 1.29 is 9.90 Å². The highest BCUT2D eigenvalue weighted by atomic mass is 16.4. The SMILES string of the molecule is C#CCNC(C(=O)O)C1CC=CCC1. The average molecular weight is 193 g/mol. The topological polar surface area (TPSA) is 49.3 Å².